The maximum Gasteiger partial charge on any atom is 0.255 e. The minimum atomic E-state index is -1.30. The Kier molecular flexibility index (Phi) is 4.30. The highest BCUT2D eigenvalue weighted by Crippen LogP contribution is 2.32. The van der Waals surface area contributed by atoms with Crippen molar-refractivity contribution in [2.24, 2.45) is 10.7 Å². The van der Waals surface area contributed by atoms with Gasteiger partial charge in [-0.15, -0.1) is 0 Å². The maximum absolute atomic E-state index is 13.0. The largest absolute Gasteiger partial charge is 0.444 e. The van der Waals surface area contributed by atoms with E-state index < -0.39 is 29.0 Å². The lowest BCUT2D eigenvalue weighted by atomic mass is 9.91. The number of rotatable bonds is 4. The number of aryl methyl sites for hydroxylation is 1. The van der Waals surface area contributed by atoms with Crippen LogP contribution in [0.25, 0.3) is 0 Å². The van der Waals surface area contributed by atoms with Crippen LogP contribution in [0, 0.1) is 6.92 Å². The Balaban J connectivity index is 2.00. The van der Waals surface area contributed by atoms with Gasteiger partial charge in [0, 0.05) is 6.20 Å². The number of primary amides is 1. The Morgan fingerprint density at radius 1 is 1.30 bits per heavy atom. The van der Waals surface area contributed by atoms with Gasteiger partial charge in [-0.25, -0.2) is 0 Å². The number of hydrogen-bond donors (Lipinski definition) is 2. The van der Waals surface area contributed by atoms with Crippen LogP contribution in [0.2, 0.25) is 0 Å². The van der Waals surface area contributed by atoms with Crippen LogP contribution in [0.3, 0.4) is 0 Å². The van der Waals surface area contributed by atoms with Crippen LogP contribution in [0.4, 0.5) is 5.88 Å². The van der Waals surface area contributed by atoms with Crippen molar-refractivity contribution in [3.8, 4) is 0 Å². The number of nitrogens with zero attached hydrogens (tertiary/aromatic N) is 2. The zero-order chi connectivity index (χ0) is 19.9. The molecule has 2 aliphatic rings. The maximum atomic E-state index is 13.0. The molecular weight excluding hydrogens is 352 g/mol. The van der Waals surface area contributed by atoms with Crippen molar-refractivity contribution < 1.29 is 23.6 Å². The van der Waals surface area contributed by atoms with Gasteiger partial charge in [0.05, 0.1) is 12.0 Å². The molecule has 9 nitrogen and oxygen atoms in total. The molecule has 3 heterocycles. The molecule has 0 aromatic carbocycles. The minimum absolute atomic E-state index is 0.0192. The second-order valence-corrected chi connectivity index (χ2v) is 6.50. The normalized spacial score (nSPS) is 20.9. The van der Waals surface area contributed by atoms with Crippen LogP contribution in [-0.4, -0.2) is 39.8 Å². The molecule has 0 spiro atoms. The SMILES string of the molecule is CC(=O)c1c(C)oc(NC(=O)C2(C)CC(=O)N=C3C=CC=CN32)c1C(N)=O. The van der Waals surface area contributed by atoms with Crippen molar-refractivity contribution >= 4 is 35.2 Å². The molecular formula is C18H18N4O5. The van der Waals surface area contributed by atoms with Crippen LogP contribution in [0.5, 0.6) is 0 Å². The molecule has 0 saturated heterocycles. The highest BCUT2D eigenvalue weighted by Gasteiger charge is 2.46. The smallest absolute Gasteiger partial charge is 0.255 e. The Morgan fingerprint density at radius 3 is 2.63 bits per heavy atom. The summed E-state index contributed by atoms with van der Waals surface area (Å²) in [5.41, 5.74) is 3.90. The summed E-state index contributed by atoms with van der Waals surface area (Å²) >= 11 is 0. The van der Waals surface area contributed by atoms with E-state index in [0.29, 0.717) is 5.84 Å². The van der Waals surface area contributed by atoms with Crippen molar-refractivity contribution in [2.75, 3.05) is 5.32 Å². The monoisotopic (exact) mass is 370 g/mol. The van der Waals surface area contributed by atoms with E-state index in [9.17, 15) is 19.2 Å². The third-order valence-corrected chi connectivity index (χ3v) is 4.50. The number of nitrogens with one attached hydrogen (secondary N) is 1. The van der Waals surface area contributed by atoms with Gasteiger partial charge in [0.15, 0.2) is 5.78 Å². The predicted molar refractivity (Wildman–Crippen MR) is 96.2 cm³/mol. The predicted octanol–water partition coefficient (Wildman–Crippen LogP) is 1.30. The lowest BCUT2D eigenvalue weighted by molar-refractivity contribution is -0.130. The molecule has 0 aliphatic carbocycles. The van der Waals surface area contributed by atoms with Gasteiger partial charge >= 0.3 is 0 Å². The van der Waals surface area contributed by atoms with E-state index in [4.69, 9.17) is 10.2 Å². The van der Waals surface area contributed by atoms with E-state index >= 15 is 0 Å². The molecule has 1 aromatic rings. The molecule has 2 aliphatic heterocycles. The van der Waals surface area contributed by atoms with Crippen molar-refractivity contribution in [3.05, 3.63) is 41.3 Å². The van der Waals surface area contributed by atoms with Crippen LogP contribution < -0.4 is 11.1 Å². The van der Waals surface area contributed by atoms with Crippen molar-refractivity contribution in [1.82, 2.24) is 4.90 Å². The van der Waals surface area contributed by atoms with Gasteiger partial charge in [0.25, 0.3) is 17.7 Å². The summed E-state index contributed by atoms with van der Waals surface area (Å²) in [4.78, 5) is 54.2. The number of carbonyl (C=O) groups is 4. The molecule has 3 rings (SSSR count). The fourth-order valence-corrected chi connectivity index (χ4v) is 3.21. The standard InChI is InChI=1S/C18H18N4O5/c1-9(23)13-10(2)27-16(14(13)15(19)25)21-17(26)18(3)8-12(24)20-11-6-4-5-7-22(11)18/h4-7H,8H2,1-3H3,(H2,19,25)(H,21,26). The Morgan fingerprint density at radius 2 is 2.00 bits per heavy atom. The molecule has 1 atom stereocenters. The number of nitrogens with two attached hydrogens (primary N) is 1. The molecule has 0 fully saturated rings. The summed E-state index contributed by atoms with van der Waals surface area (Å²) in [5, 5.41) is 2.51. The zero-order valence-corrected chi connectivity index (χ0v) is 15.0. The lowest BCUT2D eigenvalue weighted by Gasteiger charge is -2.41. The third kappa shape index (κ3) is 2.97. The van der Waals surface area contributed by atoms with Crippen molar-refractivity contribution in [1.29, 1.82) is 0 Å². The highest BCUT2D eigenvalue weighted by molar-refractivity contribution is 6.15. The second kappa shape index (κ2) is 6.35. The van der Waals surface area contributed by atoms with E-state index in [-0.39, 0.29) is 29.2 Å². The van der Waals surface area contributed by atoms with Crippen molar-refractivity contribution in [2.45, 2.75) is 32.7 Å². The number of fused-ring (bicyclic) bond motifs is 1. The number of Topliss-reactive ketones (excluding diaryl/α,β-unsaturated/α-hetero) is 1. The van der Waals surface area contributed by atoms with Gasteiger partial charge in [-0.1, -0.05) is 6.08 Å². The Bertz CT molecular complexity index is 969. The molecule has 3 amide bonds. The lowest BCUT2D eigenvalue weighted by Crippen LogP contribution is -2.58. The van der Waals surface area contributed by atoms with E-state index in [1.807, 2.05) is 0 Å². The van der Waals surface area contributed by atoms with Gasteiger partial charge in [-0.05, 0) is 32.9 Å². The van der Waals surface area contributed by atoms with E-state index in [1.54, 1.807) is 36.3 Å². The van der Waals surface area contributed by atoms with Gasteiger partial charge in [0.1, 0.15) is 22.7 Å². The average molecular weight is 370 g/mol. The van der Waals surface area contributed by atoms with E-state index in [2.05, 4.69) is 10.3 Å². The molecule has 0 radical (unpaired) electrons. The Hall–Kier alpha value is -3.49. The summed E-state index contributed by atoms with van der Waals surface area (Å²) in [5.74, 6) is -2.09. The molecule has 9 heteroatoms. The molecule has 1 aromatic heterocycles. The summed E-state index contributed by atoms with van der Waals surface area (Å²) in [6, 6.07) is 0. The number of anilines is 1. The highest BCUT2D eigenvalue weighted by atomic mass is 16.4. The summed E-state index contributed by atoms with van der Waals surface area (Å²) < 4.78 is 5.42. The second-order valence-electron chi connectivity index (χ2n) is 6.50. The quantitative estimate of drug-likeness (QED) is 0.767. The average Bonchev–Trinajstić information content (AvgIpc) is 2.91. The number of amidine groups is 1. The number of hydrogen-bond acceptors (Lipinski definition) is 6. The minimum Gasteiger partial charge on any atom is -0.444 e. The fourth-order valence-electron chi connectivity index (χ4n) is 3.21. The first-order valence-electron chi connectivity index (χ1n) is 8.16. The van der Waals surface area contributed by atoms with E-state index in [0.717, 1.165) is 0 Å². The number of amides is 3. The first-order valence-corrected chi connectivity index (χ1v) is 8.16. The van der Waals surface area contributed by atoms with Gasteiger partial charge < -0.3 is 15.1 Å². The fraction of sp³-hybridized carbons (Fsp3) is 0.278. The number of ketones is 1. The van der Waals surface area contributed by atoms with Crippen LogP contribution >= 0.6 is 0 Å². The summed E-state index contributed by atoms with van der Waals surface area (Å²) in [7, 11) is 0. The third-order valence-electron chi connectivity index (χ3n) is 4.50. The molecule has 3 N–H and O–H groups in total. The molecule has 27 heavy (non-hydrogen) atoms. The number of allylic oxidation sites excluding steroid dienone is 2. The van der Waals surface area contributed by atoms with Gasteiger partial charge in [-0.2, -0.15) is 4.99 Å². The molecule has 1 unspecified atom stereocenters. The van der Waals surface area contributed by atoms with Crippen LogP contribution in [-0.2, 0) is 9.59 Å². The topological polar surface area (TPSA) is 135 Å². The first kappa shape index (κ1) is 18.3. The van der Waals surface area contributed by atoms with Crippen LogP contribution in [0.1, 0.15) is 46.7 Å². The number of furan rings is 1. The summed E-state index contributed by atoms with van der Waals surface area (Å²) in [6.45, 7) is 4.34. The van der Waals surface area contributed by atoms with Gasteiger partial charge in [-0.3, -0.25) is 24.5 Å². The first-order chi connectivity index (χ1) is 12.6. The molecule has 140 valence electrons. The van der Waals surface area contributed by atoms with Gasteiger partial charge in [0.2, 0.25) is 5.88 Å². The van der Waals surface area contributed by atoms with E-state index in [1.165, 1.54) is 13.8 Å². The number of carbonyl (C=O) groups excluding carboxylic acids is 4. The van der Waals surface area contributed by atoms with Crippen LogP contribution in [0.15, 0.2) is 33.8 Å². The summed E-state index contributed by atoms with van der Waals surface area (Å²) in [6.07, 6.45) is 6.48. The molecule has 0 bridgehead atoms. The molecule has 0 saturated carbocycles. The Labute approximate surface area is 154 Å². The van der Waals surface area contributed by atoms with Crippen molar-refractivity contribution in [3.63, 3.8) is 0 Å². The number of aliphatic imine (C=N–C) groups is 1. The zero-order valence-electron chi connectivity index (χ0n) is 15.0.